The minimum Gasteiger partial charge on any atom is -0.354 e. The van der Waals surface area contributed by atoms with Crippen molar-refractivity contribution in [2.75, 3.05) is 6.54 Å². The van der Waals surface area contributed by atoms with Crippen LogP contribution in [0.1, 0.15) is 50.8 Å². The lowest BCUT2D eigenvalue weighted by molar-refractivity contribution is -0.141. The molecule has 0 heterocycles. The van der Waals surface area contributed by atoms with Gasteiger partial charge in [0.2, 0.25) is 11.8 Å². The summed E-state index contributed by atoms with van der Waals surface area (Å²) in [4.78, 5) is 27.8. The molecule has 28 heavy (non-hydrogen) atoms. The Kier molecular flexibility index (Phi) is 8.52. The van der Waals surface area contributed by atoms with E-state index in [9.17, 15) is 9.59 Å². The van der Waals surface area contributed by atoms with E-state index in [1.165, 1.54) is 0 Å². The highest BCUT2D eigenvalue weighted by atomic mass is 35.5. The van der Waals surface area contributed by atoms with Gasteiger partial charge in [0.1, 0.15) is 6.04 Å². The number of carbonyl (C=O) groups excluding carboxylic acids is 2. The molecule has 0 bridgehead atoms. The number of amides is 2. The third-order valence-corrected chi connectivity index (χ3v) is 4.66. The van der Waals surface area contributed by atoms with Gasteiger partial charge in [-0.05, 0) is 35.6 Å². The zero-order valence-electron chi connectivity index (χ0n) is 16.8. The van der Waals surface area contributed by atoms with Crippen LogP contribution < -0.4 is 5.32 Å². The van der Waals surface area contributed by atoms with Gasteiger partial charge in [-0.1, -0.05) is 74.8 Å². The van der Waals surface area contributed by atoms with Crippen LogP contribution in [0.5, 0.6) is 0 Å². The van der Waals surface area contributed by atoms with Gasteiger partial charge in [0.15, 0.2) is 0 Å². The molecule has 0 fully saturated rings. The van der Waals surface area contributed by atoms with E-state index in [4.69, 9.17) is 11.6 Å². The number of hydrogen-bond donors (Lipinski definition) is 1. The summed E-state index contributed by atoms with van der Waals surface area (Å²) in [7, 11) is 0. The van der Waals surface area contributed by atoms with Gasteiger partial charge in [-0.25, -0.2) is 0 Å². The number of hydrogen-bond acceptors (Lipinski definition) is 2. The maximum atomic E-state index is 13.1. The molecule has 2 rings (SSSR count). The van der Waals surface area contributed by atoms with E-state index >= 15 is 0 Å². The molecule has 0 saturated heterocycles. The molecule has 0 aliphatic rings. The summed E-state index contributed by atoms with van der Waals surface area (Å²) in [6.07, 6.45) is 1.12. The molecule has 0 aliphatic carbocycles. The van der Waals surface area contributed by atoms with E-state index in [1.54, 1.807) is 17.0 Å². The molecule has 0 saturated carbocycles. The standard InChI is InChI=1S/C23H29ClN2O2/c1-4-8-21(27)26(16-18-11-13-20(24)14-12-18)22(19-9-6-5-7-10-19)23(28)25-15-17(2)3/h5-7,9-14,17,22H,4,8,15-16H2,1-3H3,(H,25,28). The number of halogens is 1. The van der Waals surface area contributed by atoms with Gasteiger partial charge in [0, 0.05) is 24.5 Å². The Morgan fingerprint density at radius 3 is 2.25 bits per heavy atom. The summed E-state index contributed by atoms with van der Waals surface area (Å²) in [6.45, 7) is 6.98. The molecule has 0 aliphatic heterocycles. The number of carbonyl (C=O) groups is 2. The van der Waals surface area contributed by atoms with Crippen molar-refractivity contribution in [3.05, 3.63) is 70.7 Å². The van der Waals surface area contributed by atoms with E-state index < -0.39 is 6.04 Å². The van der Waals surface area contributed by atoms with Gasteiger partial charge in [0.05, 0.1) is 0 Å². The maximum absolute atomic E-state index is 13.1. The minimum absolute atomic E-state index is 0.0361. The molecule has 150 valence electrons. The second kappa shape index (κ2) is 10.9. The lowest BCUT2D eigenvalue weighted by Gasteiger charge is -2.32. The monoisotopic (exact) mass is 400 g/mol. The topological polar surface area (TPSA) is 49.4 Å². The normalized spacial score (nSPS) is 11.9. The molecule has 0 aromatic heterocycles. The molecule has 0 radical (unpaired) electrons. The zero-order chi connectivity index (χ0) is 20.5. The molecule has 1 atom stereocenters. The molecule has 2 amide bonds. The predicted molar refractivity (Wildman–Crippen MR) is 114 cm³/mol. The molecule has 4 nitrogen and oxygen atoms in total. The largest absolute Gasteiger partial charge is 0.354 e. The van der Waals surface area contributed by atoms with E-state index in [2.05, 4.69) is 5.32 Å². The summed E-state index contributed by atoms with van der Waals surface area (Å²) >= 11 is 6.00. The summed E-state index contributed by atoms with van der Waals surface area (Å²) in [5.41, 5.74) is 1.74. The van der Waals surface area contributed by atoms with Crippen LogP contribution in [0.2, 0.25) is 5.02 Å². The number of rotatable bonds is 9. The van der Waals surface area contributed by atoms with Crippen molar-refractivity contribution >= 4 is 23.4 Å². The van der Waals surface area contributed by atoms with Crippen LogP contribution in [0.3, 0.4) is 0 Å². The number of nitrogens with zero attached hydrogens (tertiary/aromatic N) is 1. The first-order valence-electron chi connectivity index (χ1n) is 9.79. The van der Waals surface area contributed by atoms with Crippen molar-refractivity contribution < 1.29 is 9.59 Å². The Bertz CT molecular complexity index is 760. The quantitative estimate of drug-likeness (QED) is 0.645. The van der Waals surface area contributed by atoms with Crippen LogP contribution in [-0.4, -0.2) is 23.3 Å². The van der Waals surface area contributed by atoms with Gasteiger partial charge >= 0.3 is 0 Å². The SMILES string of the molecule is CCCC(=O)N(Cc1ccc(Cl)cc1)C(C(=O)NCC(C)C)c1ccccc1. The Morgan fingerprint density at radius 1 is 1.04 bits per heavy atom. The second-order valence-electron chi connectivity index (χ2n) is 7.35. The Balaban J connectivity index is 2.39. The third-order valence-electron chi connectivity index (χ3n) is 4.41. The third kappa shape index (κ3) is 6.38. The molecule has 2 aromatic rings. The van der Waals surface area contributed by atoms with Crippen molar-refractivity contribution in [1.29, 1.82) is 0 Å². The molecule has 2 aromatic carbocycles. The Morgan fingerprint density at radius 2 is 1.68 bits per heavy atom. The van der Waals surface area contributed by atoms with Gasteiger partial charge in [-0.3, -0.25) is 9.59 Å². The van der Waals surface area contributed by atoms with Gasteiger partial charge in [0.25, 0.3) is 0 Å². The fourth-order valence-electron chi connectivity index (χ4n) is 2.98. The predicted octanol–water partition coefficient (Wildman–Crippen LogP) is 4.98. The first-order chi connectivity index (χ1) is 13.4. The first kappa shape index (κ1) is 22.0. The van der Waals surface area contributed by atoms with Gasteiger partial charge in [-0.15, -0.1) is 0 Å². The molecule has 5 heteroatoms. The fraction of sp³-hybridized carbons (Fsp3) is 0.391. The average molecular weight is 401 g/mol. The molecule has 1 N–H and O–H groups in total. The average Bonchev–Trinajstić information content (AvgIpc) is 2.68. The summed E-state index contributed by atoms with van der Waals surface area (Å²) in [5.74, 6) is 0.140. The van der Waals surface area contributed by atoms with Crippen molar-refractivity contribution in [3.8, 4) is 0 Å². The van der Waals surface area contributed by atoms with Gasteiger partial charge < -0.3 is 10.2 Å². The van der Waals surface area contributed by atoms with Crippen LogP contribution in [-0.2, 0) is 16.1 Å². The Hall–Kier alpha value is -2.33. The summed E-state index contributed by atoms with van der Waals surface area (Å²) < 4.78 is 0. The zero-order valence-corrected chi connectivity index (χ0v) is 17.6. The fourth-order valence-corrected chi connectivity index (χ4v) is 3.10. The molecular weight excluding hydrogens is 372 g/mol. The minimum atomic E-state index is -0.672. The van der Waals surface area contributed by atoms with Crippen LogP contribution in [0.15, 0.2) is 54.6 Å². The van der Waals surface area contributed by atoms with Crippen LogP contribution in [0.4, 0.5) is 0 Å². The summed E-state index contributed by atoms with van der Waals surface area (Å²) in [6, 6.07) is 16.2. The van der Waals surface area contributed by atoms with Crippen molar-refractivity contribution in [2.24, 2.45) is 5.92 Å². The van der Waals surface area contributed by atoms with Crippen LogP contribution in [0, 0.1) is 5.92 Å². The first-order valence-corrected chi connectivity index (χ1v) is 10.2. The van der Waals surface area contributed by atoms with Crippen molar-refractivity contribution in [1.82, 2.24) is 10.2 Å². The van der Waals surface area contributed by atoms with Crippen molar-refractivity contribution in [3.63, 3.8) is 0 Å². The van der Waals surface area contributed by atoms with E-state index in [0.29, 0.717) is 30.5 Å². The van der Waals surface area contributed by atoms with E-state index in [1.807, 2.05) is 63.2 Å². The molecular formula is C23H29ClN2O2. The highest BCUT2D eigenvalue weighted by molar-refractivity contribution is 6.30. The highest BCUT2D eigenvalue weighted by Gasteiger charge is 2.31. The van der Waals surface area contributed by atoms with Crippen molar-refractivity contribution in [2.45, 2.75) is 46.2 Å². The lowest BCUT2D eigenvalue weighted by atomic mass is 10.0. The van der Waals surface area contributed by atoms with Crippen LogP contribution >= 0.6 is 11.6 Å². The molecule has 0 spiro atoms. The lowest BCUT2D eigenvalue weighted by Crippen LogP contribution is -2.44. The van der Waals surface area contributed by atoms with E-state index in [0.717, 1.165) is 17.5 Å². The second-order valence-corrected chi connectivity index (χ2v) is 7.79. The maximum Gasteiger partial charge on any atom is 0.247 e. The molecule has 1 unspecified atom stereocenters. The van der Waals surface area contributed by atoms with Crippen LogP contribution in [0.25, 0.3) is 0 Å². The highest BCUT2D eigenvalue weighted by Crippen LogP contribution is 2.25. The number of benzene rings is 2. The Labute approximate surface area is 172 Å². The van der Waals surface area contributed by atoms with Gasteiger partial charge in [-0.2, -0.15) is 0 Å². The number of nitrogens with one attached hydrogen (secondary N) is 1. The summed E-state index contributed by atoms with van der Waals surface area (Å²) in [5, 5.41) is 3.64. The van der Waals surface area contributed by atoms with E-state index in [-0.39, 0.29) is 11.8 Å². The smallest absolute Gasteiger partial charge is 0.247 e.